The van der Waals surface area contributed by atoms with E-state index in [4.69, 9.17) is 22.1 Å². The van der Waals surface area contributed by atoms with Gasteiger partial charge in [-0.2, -0.15) is 0 Å². The van der Waals surface area contributed by atoms with Gasteiger partial charge in [-0.25, -0.2) is 4.39 Å². The minimum atomic E-state index is -0.320. The third-order valence-corrected chi connectivity index (χ3v) is 3.70. The highest BCUT2D eigenvalue weighted by Crippen LogP contribution is 2.25. The molecule has 2 aromatic carbocycles. The fourth-order valence-electron chi connectivity index (χ4n) is 1.49. The summed E-state index contributed by atoms with van der Waals surface area (Å²) in [4.78, 5) is 0.862. The first-order chi connectivity index (χ1) is 9.15. The SMILES string of the molecule is Nc1cc(F)ccc1SCCOc1ccc(Cl)cc1. The summed E-state index contributed by atoms with van der Waals surface area (Å²) in [6, 6.07) is 11.6. The van der Waals surface area contributed by atoms with Gasteiger partial charge >= 0.3 is 0 Å². The smallest absolute Gasteiger partial charge is 0.125 e. The lowest BCUT2D eigenvalue weighted by Crippen LogP contribution is -2.00. The highest BCUT2D eigenvalue weighted by atomic mass is 35.5. The number of hydrogen-bond donors (Lipinski definition) is 1. The molecule has 2 nitrogen and oxygen atoms in total. The van der Waals surface area contributed by atoms with Gasteiger partial charge in [-0.3, -0.25) is 0 Å². The number of ether oxygens (including phenoxy) is 1. The maximum Gasteiger partial charge on any atom is 0.125 e. The fourth-order valence-corrected chi connectivity index (χ4v) is 2.40. The van der Waals surface area contributed by atoms with Crippen LogP contribution in [0.3, 0.4) is 0 Å². The highest BCUT2D eigenvalue weighted by molar-refractivity contribution is 7.99. The van der Waals surface area contributed by atoms with E-state index in [0.29, 0.717) is 17.3 Å². The van der Waals surface area contributed by atoms with Crippen LogP contribution in [0.2, 0.25) is 5.02 Å². The van der Waals surface area contributed by atoms with E-state index in [0.717, 1.165) is 16.4 Å². The van der Waals surface area contributed by atoms with Gasteiger partial charge in [-0.05, 0) is 42.5 Å². The average Bonchev–Trinajstić information content (AvgIpc) is 2.39. The second-order valence-electron chi connectivity index (χ2n) is 3.83. The van der Waals surface area contributed by atoms with Crippen molar-refractivity contribution in [1.29, 1.82) is 0 Å². The molecule has 19 heavy (non-hydrogen) atoms. The third-order valence-electron chi connectivity index (χ3n) is 2.40. The molecular formula is C14H13ClFNOS. The van der Waals surface area contributed by atoms with E-state index in [1.807, 2.05) is 12.1 Å². The van der Waals surface area contributed by atoms with E-state index in [-0.39, 0.29) is 5.82 Å². The second-order valence-corrected chi connectivity index (χ2v) is 5.41. The Morgan fingerprint density at radius 2 is 1.89 bits per heavy atom. The number of nitrogen functional groups attached to an aromatic ring is 1. The third kappa shape index (κ3) is 4.33. The van der Waals surface area contributed by atoms with E-state index in [1.165, 1.54) is 23.9 Å². The molecule has 0 heterocycles. The van der Waals surface area contributed by atoms with Crippen molar-refractivity contribution in [3.05, 3.63) is 53.3 Å². The van der Waals surface area contributed by atoms with Crippen LogP contribution in [0.25, 0.3) is 0 Å². The zero-order chi connectivity index (χ0) is 13.7. The van der Waals surface area contributed by atoms with Gasteiger partial charge in [0.25, 0.3) is 0 Å². The average molecular weight is 298 g/mol. The summed E-state index contributed by atoms with van der Waals surface area (Å²) in [5.74, 6) is 1.19. The van der Waals surface area contributed by atoms with Gasteiger partial charge in [0.15, 0.2) is 0 Å². The molecule has 0 saturated heterocycles. The summed E-state index contributed by atoms with van der Waals surface area (Å²) < 4.78 is 18.4. The Bertz CT molecular complexity index is 548. The van der Waals surface area contributed by atoms with Crippen molar-refractivity contribution in [3.63, 3.8) is 0 Å². The Morgan fingerprint density at radius 1 is 1.16 bits per heavy atom. The van der Waals surface area contributed by atoms with Gasteiger partial charge in [0.05, 0.1) is 6.61 Å². The Labute approximate surface area is 120 Å². The number of anilines is 1. The molecule has 0 aliphatic carbocycles. The summed E-state index contributed by atoms with van der Waals surface area (Å²) in [6.45, 7) is 0.545. The van der Waals surface area contributed by atoms with E-state index < -0.39 is 0 Å². The van der Waals surface area contributed by atoms with Crippen LogP contribution in [-0.4, -0.2) is 12.4 Å². The van der Waals surface area contributed by atoms with Gasteiger partial charge in [0.2, 0.25) is 0 Å². The predicted molar refractivity (Wildman–Crippen MR) is 78.5 cm³/mol. The molecule has 0 amide bonds. The molecule has 2 rings (SSSR count). The van der Waals surface area contributed by atoms with Crippen LogP contribution in [0.5, 0.6) is 5.75 Å². The quantitative estimate of drug-likeness (QED) is 0.509. The molecule has 2 aromatic rings. The predicted octanol–water partition coefficient (Wildman–Crippen LogP) is 4.23. The Morgan fingerprint density at radius 3 is 2.58 bits per heavy atom. The molecule has 0 bridgehead atoms. The zero-order valence-electron chi connectivity index (χ0n) is 10.1. The molecule has 0 unspecified atom stereocenters. The Kier molecular flexibility index (Phi) is 4.93. The highest BCUT2D eigenvalue weighted by Gasteiger charge is 2.02. The minimum Gasteiger partial charge on any atom is -0.493 e. The lowest BCUT2D eigenvalue weighted by molar-refractivity contribution is 0.344. The van der Waals surface area contributed by atoms with Crippen LogP contribution >= 0.6 is 23.4 Å². The summed E-state index contributed by atoms with van der Waals surface area (Å²) >= 11 is 7.31. The second kappa shape index (κ2) is 6.68. The van der Waals surface area contributed by atoms with Crippen LogP contribution in [-0.2, 0) is 0 Å². The van der Waals surface area contributed by atoms with Crippen LogP contribution in [0.4, 0.5) is 10.1 Å². The van der Waals surface area contributed by atoms with E-state index in [9.17, 15) is 4.39 Å². The lowest BCUT2D eigenvalue weighted by Gasteiger charge is -2.07. The number of halogens is 2. The van der Waals surface area contributed by atoms with Crippen LogP contribution in [0.15, 0.2) is 47.4 Å². The van der Waals surface area contributed by atoms with Gasteiger partial charge in [0.1, 0.15) is 11.6 Å². The van der Waals surface area contributed by atoms with Crippen molar-refractivity contribution in [2.75, 3.05) is 18.1 Å². The molecule has 0 atom stereocenters. The summed E-state index contributed by atoms with van der Waals surface area (Å²) in [6.07, 6.45) is 0. The standard InChI is InChI=1S/C14H13ClFNOS/c15-10-1-4-12(5-2-10)18-7-8-19-14-6-3-11(16)9-13(14)17/h1-6,9H,7-8,17H2. The van der Waals surface area contributed by atoms with E-state index in [2.05, 4.69) is 0 Å². The molecule has 100 valence electrons. The number of hydrogen-bond acceptors (Lipinski definition) is 3. The van der Waals surface area contributed by atoms with Crippen molar-refractivity contribution < 1.29 is 9.13 Å². The van der Waals surface area contributed by atoms with Crippen molar-refractivity contribution in [1.82, 2.24) is 0 Å². The first kappa shape index (κ1) is 14.0. The molecular weight excluding hydrogens is 285 g/mol. The topological polar surface area (TPSA) is 35.2 Å². The molecule has 0 saturated carbocycles. The molecule has 0 radical (unpaired) electrons. The van der Waals surface area contributed by atoms with Gasteiger partial charge in [0, 0.05) is 21.4 Å². The molecule has 0 aromatic heterocycles. The zero-order valence-corrected chi connectivity index (χ0v) is 11.7. The van der Waals surface area contributed by atoms with E-state index in [1.54, 1.807) is 18.2 Å². The largest absolute Gasteiger partial charge is 0.493 e. The van der Waals surface area contributed by atoms with Gasteiger partial charge in [-0.1, -0.05) is 11.6 Å². The number of nitrogens with two attached hydrogens (primary N) is 1. The fraction of sp³-hybridized carbons (Fsp3) is 0.143. The summed E-state index contributed by atoms with van der Waals surface area (Å²) in [5, 5.41) is 0.681. The maximum atomic E-state index is 12.9. The van der Waals surface area contributed by atoms with Crippen molar-refractivity contribution >= 4 is 29.1 Å². The van der Waals surface area contributed by atoms with Crippen LogP contribution in [0.1, 0.15) is 0 Å². The lowest BCUT2D eigenvalue weighted by atomic mass is 10.3. The molecule has 0 aliphatic heterocycles. The first-order valence-electron chi connectivity index (χ1n) is 5.71. The van der Waals surface area contributed by atoms with E-state index >= 15 is 0 Å². The van der Waals surface area contributed by atoms with Crippen LogP contribution in [0, 0.1) is 5.82 Å². The van der Waals surface area contributed by atoms with Crippen molar-refractivity contribution in [3.8, 4) is 5.75 Å². The summed E-state index contributed by atoms with van der Waals surface area (Å²) in [5.41, 5.74) is 6.17. The number of rotatable bonds is 5. The molecule has 2 N–H and O–H groups in total. The Balaban J connectivity index is 1.79. The first-order valence-corrected chi connectivity index (χ1v) is 7.08. The molecule has 0 spiro atoms. The van der Waals surface area contributed by atoms with Crippen molar-refractivity contribution in [2.45, 2.75) is 4.90 Å². The molecule has 0 fully saturated rings. The van der Waals surface area contributed by atoms with Gasteiger partial charge < -0.3 is 10.5 Å². The maximum absolute atomic E-state index is 12.9. The summed E-state index contributed by atoms with van der Waals surface area (Å²) in [7, 11) is 0. The molecule has 0 aliphatic rings. The normalized spacial score (nSPS) is 10.4. The van der Waals surface area contributed by atoms with Crippen LogP contribution < -0.4 is 10.5 Å². The number of thioether (sulfide) groups is 1. The number of benzene rings is 2. The van der Waals surface area contributed by atoms with Crippen molar-refractivity contribution in [2.24, 2.45) is 0 Å². The molecule has 5 heteroatoms. The Hall–Kier alpha value is -1.39. The van der Waals surface area contributed by atoms with Gasteiger partial charge in [-0.15, -0.1) is 11.8 Å². The minimum absolute atomic E-state index is 0.320. The monoisotopic (exact) mass is 297 g/mol.